The number of rotatable bonds is 5. The Morgan fingerprint density at radius 3 is 2.80 bits per heavy atom. The first kappa shape index (κ1) is 15.0. The van der Waals surface area contributed by atoms with Gasteiger partial charge in [0.1, 0.15) is 0 Å². The van der Waals surface area contributed by atoms with Crippen molar-refractivity contribution in [2.24, 2.45) is 5.92 Å². The fraction of sp³-hybridized carbons (Fsp3) is 0.588. The number of benzene rings is 1. The lowest BCUT2D eigenvalue weighted by Gasteiger charge is -2.33. The van der Waals surface area contributed by atoms with Crippen LogP contribution in [0.2, 0.25) is 0 Å². The van der Waals surface area contributed by atoms with Gasteiger partial charge in [-0.05, 0) is 63.0 Å². The lowest BCUT2D eigenvalue weighted by atomic mass is 9.96. The Kier molecular flexibility index (Phi) is 5.58. The zero-order chi connectivity index (χ0) is 14.4. The highest BCUT2D eigenvalue weighted by molar-refractivity contribution is 5.34. The van der Waals surface area contributed by atoms with E-state index in [2.05, 4.69) is 36.2 Å². The zero-order valence-electron chi connectivity index (χ0n) is 12.6. The molecular formula is C17H25N3. The highest BCUT2D eigenvalue weighted by Gasteiger charge is 2.20. The summed E-state index contributed by atoms with van der Waals surface area (Å²) in [7, 11) is 0. The SMILES string of the molecule is CCN(CC1CCNCC1)C(C)c1cccc(C#N)c1. The molecule has 20 heavy (non-hydrogen) atoms. The molecule has 1 aromatic rings. The minimum absolute atomic E-state index is 0.378. The molecule has 3 heteroatoms. The van der Waals surface area contributed by atoms with E-state index in [9.17, 15) is 0 Å². The second-order valence-electron chi connectivity index (χ2n) is 5.69. The maximum Gasteiger partial charge on any atom is 0.0991 e. The molecule has 3 nitrogen and oxygen atoms in total. The Hall–Kier alpha value is -1.37. The van der Waals surface area contributed by atoms with Crippen molar-refractivity contribution in [3.05, 3.63) is 35.4 Å². The van der Waals surface area contributed by atoms with Gasteiger partial charge in [0.05, 0.1) is 11.6 Å². The molecule has 1 atom stereocenters. The van der Waals surface area contributed by atoms with Gasteiger partial charge >= 0.3 is 0 Å². The Bertz CT molecular complexity index is 458. The molecule has 0 aromatic heterocycles. The molecule has 2 rings (SSSR count). The predicted molar refractivity (Wildman–Crippen MR) is 82.4 cm³/mol. The first-order chi connectivity index (χ1) is 9.74. The van der Waals surface area contributed by atoms with Crippen LogP contribution in [0.3, 0.4) is 0 Å². The van der Waals surface area contributed by atoms with Crippen LogP contribution in [0.4, 0.5) is 0 Å². The molecule has 1 unspecified atom stereocenters. The highest BCUT2D eigenvalue weighted by Crippen LogP contribution is 2.24. The molecule has 0 amide bonds. The third kappa shape index (κ3) is 3.82. The number of nitriles is 1. The number of nitrogens with one attached hydrogen (secondary N) is 1. The number of piperidine rings is 1. The molecule has 0 radical (unpaired) electrons. The van der Waals surface area contributed by atoms with Gasteiger partial charge < -0.3 is 5.32 Å². The second-order valence-corrected chi connectivity index (χ2v) is 5.69. The Morgan fingerprint density at radius 2 is 2.15 bits per heavy atom. The minimum atomic E-state index is 0.378. The van der Waals surface area contributed by atoms with E-state index in [1.807, 2.05) is 18.2 Å². The average Bonchev–Trinajstić information content (AvgIpc) is 2.53. The third-order valence-corrected chi connectivity index (χ3v) is 4.40. The summed E-state index contributed by atoms with van der Waals surface area (Å²) in [4.78, 5) is 2.53. The average molecular weight is 271 g/mol. The van der Waals surface area contributed by atoms with Crippen molar-refractivity contribution in [2.45, 2.75) is 32.7 Å². The second kappa shape index (κ2) is 7.42. The van der Waals surface area contributed by atoms with Gasteiger partial charge in [0.2, 0.25) is 0 Å². The van der Waals surface area contributed by atoms with Crippen LogP contribution in [0.25, 0.3) is 0 Å². The van der Waals surface area contributed by atoms with Gasteiger partial charge in [-0.15, -0.1) is 0 Å². The maximum absolute atomic E-state index is 9.03. The molecule has 0 saturated carbocycles. The molecule has 1 heterocycles. The zero-order valence-corrected chi connectivity index (χ0v) is 12.6. The quantitative estimate of drug-likeness (QED) is 0.895. The molecule has 1 N–H and O–H groups in total. The molecule has 0 bridgehead atoms. The van der Waals surface area contributed by atoms with Crippen LogP contribution in [0.1, 0.15) is 43.9 Å². The number of hydrogen-bond acceptors (Lipinski definition) is 3. The Labute approximate surface area is 122 Å². The molecule has 1 fully saturated rings. The molecule has 1 saturated heterocycles. The molecule has 0 spiro atoms. The van der Waals surface area contributed by atoms with Crippen molar-refractivity contribution in [3.63, 3.8) is 0 Å². The van der Waals surface area contributed by atoms with E-state index in [1.165, 1.54) is 18.4 Å². The summed E-state index contributed by atoms with van der Waals surface area (Å²) >= 11 is 0. The van der Waals surface area contributed by atoms with E-state index in [-0.39, 0.29) is 0 Å². The van der Waals surface area contributed by atoms with Crippen LogP contribution in [0, 0.1) is 17.2 Å². The van der Waals surface area contributed by atoms with Gasteiger partial charge in [0, 0.05) is 12.6 Å². The summed E-state index contributed by atoms with van der Waals surface area (Å²) in [6, 6.07) is 10.6. The minimum Gasteiger partial charge on any atom is -0.317 e. The Balaban J connectivity index is 2.03. The summed E-state index contributed by atoms with van der Waals surface area (Å²) in [5.74, 6) is 0.804. The standard InChI is InChI=1S/C17H25N3/c1-3-20(13-15-7-9-19-10-8-15)14(2)17-6-4-5-16(11-17)12-18/h4-6,11,14-15,19H,3,7-10,13H2,1-2H3. The van der Waals surface area contributed by atoms with Gasteiger partial charge in [-0.3, -0.25) is 4.90 Å². The Morgan fingerprint density at radius 1 is 1.40 bits per heavy atom. The monoisotopic (exact) mass is 271 g/mol. The largest absolute Gasteiger partial charge is 0.317 e. The van der Waals surface area contributed by atoms with Crippen molar-refractivity contribution < 1.29 is 0 Å². The van der Waals surface area contributed by atoms with Crippen LogP contribution < -0.4 is 5.32 Å². The predicted octanol–water partition coefficient (Wildman–Crippen LogP) is 2.94. The van der Waals surface area contributed by atoms with Gasteiger partial charge in [0.15, 0.2) is 0 Å². The van der Waals surface area contributed by atoms with E-state index >= 15 is 0 Å². The normalized spacial score (nSPS) is 17.9. The van der Waals surface area contributed by atoms with Gasteiger partial charge in [0.25, 0.3) is 0 Å². The first-order valence-corrected chi connectivity index (χ1v) is 7.69. The number of nitrogens with zero attached hydrogens (tertiary/aromatic N) is 2. The molecular weight excluding hydrogens is 246 g/mol. The van der Waals surface area contributed by atoms with Gasteiger partial charge in [-0.1, -0.05) is 19.1 Å². The third-order valence-electron chi connectivity index (χ3n) is 4.40. The fourth-order valence-electron chi connectivity index (χ4n) is 3.04. The van der Waals surface area contributed by atoms with Crippen molar-refractivity contribution in [2.75, 3.05) is 26.2 Å². The van der Waals surface area contributed by atoms with Crippen LogP contribution in [0.5, 0.6) is 0 Å². The molecule has 1 aliphatic heterocycles. The summed E-state index contributed by atoms with van der Waals surface area (Å²) in [6.07, 6.45) is 2.56. The molecule has 1 aromatic carbocycles. The first-order valence-electron chi connectivity index (χ1n) is 7.69. The van der Waals surface area contributed by atoms with Crippen LogP contribution in [-0.2, 0) is 0 Å². The van der Waals surface area contributed by atoms with Crippen molar-refractivity contribution in [3.8, 4) is 6.07 Å². The molecule has 1 aliphatic rings. The van der Waals surface area contributed by atoms with E-state index in [4.69, 9.17) is 5.26 Å². The lowest BCUT2D eigenvalue weighted by molar-refractivity contribution is 0.169. The maximum atomic E-state index is 9.03. The molecule has 0 aliphatic carbocycles. The summed E-state index contributed by atoms with van der Waals surface area (Å²) in [6.45, 7) is 9.01. The van der Waals surface area contributed by atoms with Crippen LogP contribution in [-0.4, -0.2) is 31.1 Å². The lowest BCUT2D eigenvalue weighted by Crippen LogP contribution is -2.37. The van der Waals surface area contributed by atoms with Crippen LogP contribution in [0.15, 0.2) is 24.3 Å². The van der Waals surface area contributed by atoms with Crippen LogP contribution >= 0.6 is 0 Å². The van der Waals surface area contributed by atoms with Crippen molar-refractivity contribution in [1.82, 2.24) is 10.2 Å². The smallest absolute Gasteiger partial charge is 0.0991 e. The molecule has 108 valence electrons. The van der Waals surface area contributed by atoms with E-state index < -0.39 is 0 Å². The topological polar surface area (TPSA) is 39.1 Å². The van der Waals surface area contributed by atoms with E-state index in [1.54, 1.807) is 0 Å². The van der Waals surface area contributed by atoms with Crippen molar-refractivity contribution in [1.29, 1.82) is 5.26 Å². The fourth-order valence-corrected chi connectivity index (χ4v) is 3.04. The highest BCUT2D eigenvalue weighted by atomic mass is 15.1. The summed E-state index contributed by atoms with van der Waals surface area (Å²) in [5, 5.41) is 12.5. The summed E-state index contributed by atoms with van der Waals surface area (Å²) < 4.78 is 0. The van der Waals surface area contributed by atoms with Gasteiger partial charge in [-0.2, -0.15) is 5.26 Å². The number of hydrogen-bond donors (Lipinski definition) is 1. The van der Waals surface area contributed by atoms with Gasteiger partial charge in [-0.25, -0.2) is 0 Å². The van der Waals surface area contributed by atoms with E-state index in [0.29, 0.717) is 6.04 Å². The van der Waals surface area contributed by atoms with Crippen molar-refractivity contribution >= 4 is 0 Å². The van der Waals surface area contributed by atoms with E-state index in [0.717, 1.165) is 37.7 Å². The summed E-state index contributed by atoms with van der Waals surface area (Å²) in [5.41, 5.74) is 2.01.